The normalized spacial score (nSPS) is 11.1. The Bertz CT molecular complexity index is 1090. The van der Waals surface area contributed by atoms with Crippen molar-refractivity contribution >= 4 is 56.3 Å². The van der Waals surface area contributed by atoms with Crippen molar-refractivity contribution in [3.8, 4) is 0 Å². The van der Waals surface area contributed by atoms with E-state index in [1.54, 1.807) is 17.4 Å². The molecule has 1 N–H and O–H groups in total. The van der Waals surface area contributed by atoms with E-state index in [1.807, 2.05) is 30.3 Å². The molecule has 0 aliphatic heterocycles. The number of hydrogen-bond donors (Lipinski definition) is 1. The molecule has 0 amide bonds. The summed E-state index contributed by atoms with van der Waals surface area (Å²) in [5, 5.41) is 5.46. The number of nitrogens with one attached hydrogen (secondary N) is 1. The van der Waals surface area contributed by atoms with Crippen molar-refractivity contribution in [3.05, 3.63) is 80.9 Å². The van der Waals surface area contributed by atoms with E-state index >= 15 is 0 Å². The molecule has 0 aliphatic rings. The van der Waals surface area contributed by atoms with Crippen molar-refractivity contribution in [2.75, 3.05) is 5.32 Å². The molecule has 6 heteroatoms. The molecule has 0 bridgehead atoms. The number of aryl methyl sites for hydroxylation is 1. The lowest BCUT2D eigenvalue weighted by Gasteiger charge is -2.10. The van der Waals surface area contributed by atoms with Crippen LogP contribution in [0.3, 0.4) is 0 Å². The lowest BCUT2D eigenvalue weighted by Crippen LogP contribution is -2.01. The second-order valence-electron chi connectivity index (χ2n) is 6.19. The molecule has 2 aromatic carbocycles. The van der Waals surface area contributed by atoms with Crippen molar-refractivity contribution in [1.29, 1.82) is 0 Å². The molecule has 4 aromatic rings. The van der Waals surface area contributed by atoms with Crippen molar-refractivity contribution in [1.82, 2.24) is 9.97 Å². The molecule has 0 saturated heterocycles. The van der Waals surface area contributed by atoms with Crippen LogP contribution < -0.4 is 5.32 Å². The Kier molecular flexibility index (Phi) is 5.30. The van der Waals surface area contributed by atoms with Crippen LogP contribution in [0.2, 0.25) is 10.0 Å². The Hall–Kier alpha value is -2.14. The van der Waals surface area contributed by atoms with Gasteiger partial charge in [-0.25, -0.2) is 9.97 Å². The first-order valence-corrected chi connectivity index (χ1v) is 10.2. The van der Waals surface area contributed by atoms with Gasteiger partial charge in [0.25, 0.3) is 0 Å². The SMILES string of the molecule is CCc1cc2c(Nc3ccc(Cl)c(Cl)c3)nc(Cc3ccccc3)nc2s1. The van der Waals surface area contributed by atoms with E-state index in [0.29, 0.717) is 16.5 Å². The summed E-state index contributed by atoms with van der Waals surface area (Å²) in [5.41, 5.74) is 2.03. The van der Waals surface area contributed by atoms with Crippen LogP contribution in [0.5, 0.6) is 0 Å². The molecule has 0 radical (unpaired) electrons. The van der Waals surface area contributed by atoms with Crippen LogP contribution in [0.1, 0.15) is 23.2 Å². The number of fused-ring (bicyclic) bond motifs is 1. The Balaban J connectivity index is 1.76. The molecule has 136 valence electrons. The number of halogens is 2. The van der Waals surface area contributed by atoms with Gasteiger partial charge in [-0.3, -0.25) is 0 Å². The summed E-state index contributed by atoms with van der Waals surface area (Å²) < 4.78 is 0. The maximum Gasteiger partial charge on any atom is 0.142 e. The Morgan fingerprint density at radius 3 is 2.52 bits per heavy atom. The van der Waals surface area contributed by atoms with Gasteiger partial charge in [-0.1, -0.05) is 60.5 Å². The van der Waals surface area contributed by atoms with Crippen LogP contribution >= 0.6 is 34.5 Å². The van der Waals surface area contributed by atoms with Gasteiger partial charge < -0.3 is 5.32 Å². The van der Waals surface area contributed by atoms with E-state index in [2.05, 4.69) is 30.4 Å². The summed E-state index contributed by atoms with van der Waals surface area (Å²) in [6.07, 6.45) is 1.66. The van der Waals surface area contributed by atoms with Crippen molar-refractivity contribution in [2.45, 2.75) is 19.8 Å². The monoisotopic (exact) mass is 413 g/mol. The highest BCUT2D eigenvalue weighted by atomic mass is 35.5. The van der Waals surface area contributed by atoms with E-state index in [-0.39, 0.29) is 0 Å². The van der Waals surface area contributed by atoms with Gasteiger partial charge in [-0.2, -0.15) is 0 Å². The minimum atomic E-state index is 0.510. The molecule has 27 heavy (non-hydrogen) atoms. The van der Waals surface area contributed by atoms with Crippen molar-refractivity contribution in [2.24, 2.45) is 0 Å². The Morgan fingerprint density at radius 2 is 1.78 bits per heavy atom. The standard InChI is InChI=1S/C21H17Cl2N3S/c1-2-15-12-16-20(24-14-8-9-17(22)18(23)11-14)25-19(26-21(16)27-15)10-13-6-4-3-5-7-13/h3-9,11-12H,2,10H2,1H3,(H,24,25,26). The maximum atomic E-state index is 6.16. The van der Waals surface area contributed by atoms with Gasteiger partial charge in [-0.15, -0.1) is 11.3 Å². The zero-order valence-electron chi connectivity index (χ0n) is 14.7. The first kappa shape index (κ1) is 18.2. The third-order valence-corrected chi connectivity index (χ3v) is 6.14. The number of thiophene rings is 1. The fourth-order valence-corrected chi connectivity index (χ4v) is 4.14. The predicted octanol–water partition coefficient (Wildman–Crippen LogP) is 6.89. The molecule has 0 unspecified atom stereocenters. The maximum absolute atomic E-state index is 6.16. The summed E-state index contributed by atoms with van der Waals surface area (Å²) in [6.45, 7) is 2.15. The minimum absolute atomic E-state index is 0.510. The highest BCUT2D eigenvalue weighted by Crippen LogP contribution is 2.33. The van der Waals surface area contributed by atoms with Gasteiger partial charge >= 0.3 is 0 Å². The highest BCUT2D eigenvalue weighted by molar-refractivity contribution is 7.18. The molecule has 3 nitrogen and oxygen atoms in total. The van der Waals surface area contributed by atoms with Gasteiger partial charge in [0.1, 0.15) is 16.5 Å². The number of benzene rings is 2. The number of aromatic nitrogens is 2. The first-order valence-electron chi connectivity index (χ1n) is 8.67. The summed E-state index contributed by atoms with van der Waals surface area (Å²) in [7, 11) is 0. The summed E-state index contributed by atoms with van der Waals surface area (Å²) >= 11 is 13.9. The van der Waals surface area contributed by atoms with Crippen LogP contribution in [0.15, 0.2) is 54.6 Å². The smallest absolute Gasteiger partial charge is 0.142 e. The van der Waals surface area contributed by atoms with Crippen LogP contribution in [0.4, 0.5) is 11.5 Å². The van der Waals surface area contributed by atoms with Gasteiger partial charge in [0.15, 0.2) is 0 Å². The van der Waals surface area contributed by atoms with E-state index in [9.17, 15) is 0 Å². The molecule has 0 fully saturated rings. The summed E-state index contributed by atoms with van der Waals surface area (Å²) in [5.74, 6) is 1.58. The molecule has 4 rings (SSSR count). The first-order chi connectivity index (χ1) is 13.1. The summed E-state index contributed by atoms with van der Waals surface area (Å²) in [4.78, 5) is 11.9. The molecular weight excluding hydrogens is 397 g/mol. The van der Waals surface area contributed by atoms with Crippen molar-refractivity contribution in [3.63, 3.8) is 0 Å². The van der Waals surface area contributed by atoms with Crippen LogP contribution in [0, 0.1) is 0 Å². The third kappa shape index (κ3) is 4.08. The number of anilines is 2. The molecule has 2 heterocycles. The summed E-state index contributed by atoms with van der Waals surface area (Å²) in [6, 6.07) is 17.9. The largest absolute Gasteiger partial charge is 0.340 e. The molecule has 2 aromatic heterocycles. The molecule has 0 spiro atoms. The second-order valence-corrected chi connectivity index (χ2v) is 8.12. The predicted molar refractivity (Wildman–Crippen MR) is 116 cm³/mol. The van der Waals surface area contributed by atoms with Crippen LogP contribution in [-0.2, 0) is 12.8 Å². The number of rotatable bonds is 5. The van der Waals surface area contributed by atoms with Gasteiger partial charge in [0.2, 0.25) is 0 Å². The highest BCUT2D eigenvalue weighted by Gasteiger charge is 2.13. The fraction of sp³-hybridized carbons (Fsp3) is 0.143. The Labute approximate surface area is 172 Å². The second kappa shape index (κ2) is 7.85. The van der Waals surface area contributed by atoms with Crippen molar-refractivity contribution < 1.29 is 0 Å². The average Bonchev–Trinajstić information content (AvgIpc) is 3.09. The average molecular weight is 414 g/mol. The Morgan fingerprint density at radius 1 is 0.963 bits per heavy atom. The number of nitrogens with zero attached hydrogens (tertiary/aromatic N) is 2. The zero-order valence-corrected chi connectivity index (χ0v) is 17.0. The topological polar surface area (TPSA) is 37.8 Å². The third-order valence-electron chi connectivity index (χ3n) is 4.23. The molecular formula is C21H17Cl2N3S. The van der Waals surface area contributed by atoms with E-state index < -0.39 is 0 Å². The van der Waals surface area contributed by atoms with E-state index in [4.69, 9.17) is 33.2 Å². The lowest BCUT2D eigenvalue weighted by atomic mass is 10.1. The van der Waals surface area contributed by atoms with E-state index in [1.165, 1.54) is 10.4 Å². The minimum Gasteiger partial charge on any atom is -0.340 e. The molecule has 0 atom stereocenters. The quantitative estimate of drug-likeness (QED) is 0.386. The van der Waals surface area contributed by atoms with Gasteiger partial charge in [-0.05, 0) is 36.2 Å². The zero-order chi connectivity index (χ0) is 18.8. The van der Waals surface area contributed by atoms with E-state index in [0.717, 1.165) is 34.0 Å². The van der Waals surface area contributed by atoms with Gasteiger partial charge in [0.05, 0.1) is 15.4 Å². The molecule has 0 aliphatic carbocycles. The molecule has 0 saturated carbocycles. The number of hydrogen-bond acceptors (Lipinski definition) is 4. The lowest BCUT2D eigenvalue weighted by molar-refractivity contribution is 1.000. The van der Waals surface area contributed by atoms with Crippen LogP contribution in [-0.4, -0.2) is 9.97 Å². The fourth-order valence-electron chi connectivity index (χ4n) is 2.85. The van der Waals surface area contributed by atoms with Gasteiger partial charge in [0, 0.05) is 17.0 Å². The van der Waals surface area contributed by atoms with Crippen LogP contribution in [0.25, 0.3) is 10.2 Å².